The topological polar surface area (TPSA) is 106 Å². The Balaban J connectivity index is 1.65. The van der Waals surface area contributed by atoms with Gasteiger partial charge in [-0.3, -0.25) is 14.5 Å². The van der Waals surface area contributed by atoms with Crippen molar-refractivity contribution in [1.82, 2.24) is 5.16 Å². The quantitative estimate of drug-likeness (QED) is 0.464. The summed E-state index contributed by atoms with van der Waals surface area (Å²) in [4.78, 5) is 27.8. The van der Waals surface area contributed by atoms with Crippen molar-refractivity contribution >= 4 is 28.5 Å². The summed E-state index contributed by atoms with van der Waals surface area (Å²) in [6.07, 6.45) is 0. The van der Waals surface area contributed by atoms with Crippen LogP contribution in [0.1, 0.15) is 27.9 Å². The van der Waals surface area contributed by atoms with Gasteiger partial charge in [-0.2, -0.15) is 0 Å². The number of aryl methyl sites for hydroxylation is 1. The highest BCUT2D eigenvalue weighted by Crippen LogP contribution is 2.42. The van der Waals surface area contributed by atoms with Crippen LogP contribution in [-0.2, 0) is 4.79 Å². The van der Waals surface area contributed by atoms with Crippen LogP contribution in [0.3, 0.4) is 0 Å². The minimum atomic E-state index is -0.932. The van der Waals surface area contributed by atoms with E-state index in [-0.39, 0.29) is 17.2 Å². The molecule has 0 saturated heterocycles. The lowest BCUT2D eigenvalue weighted by atomic mass is 9.95. The van der Waals surface area contributed by atoms with Crippen LogP contribution < -0.4 is 9.64 Å². The van der Waals surface area contributed by atoms with E-state index >= 15 is 0 Å². The monoisotopic (exact) mass is 430 g/mol. The Kier molecular flexibility index (Phi) is 4.55. The highest BCUT2D eigenvalue weighted by atomic mass is 16.5. The van der Waals surface area contributed by atoms with E-state index in [0.717, 1.165) is 5.39 Å². The summed E-state index contributed by atoms with van der Waals surface area (Å²) >= 11 is 0. The van der Waals surface area contributed by atoms with E-state index in [4.69, 9.17) is 13.7 Å². The number of para-hydroxylation sites is 1. The van der Waals surface area contributed by atoms with Crippen molar-refractivity contribution in [3.8, 4) is 5.75 Å². The standard InChI is InChI=1S/C24H18N2O6/c1-13-11-19(25-32-13)26-21(14-7-9-16(30-2)10-8-14)20(23(28)24(26)29)22(27)18-12-15-5-3-4-6-17(15)31-18/h3-12,21,28H,1-2H3. The summed E-state index contributed by atoms with van der Waals surface area (Å²) in [7, 11) is 1.54. The molecule has 0 fully saturated rings. The molecule has 0 bridgehead atoms. The molecule has 1 unspecified atom stereocenters. The number of aromatic nitrogens is 1. The van der Waals surface area contributed by atoms with Crippen LogP contribution in [-0.4, -0.2) is 29.1 Å². The molecule has 2 aromatic carbocycles. The van der Waals surface area contributed by atoms with Gasteiger partial charge in [0, 0.05) is 11.5 Å². The van der Waals surface area contributed by atoms with Crippen molar-refractivity contribution in [2.24, 2.45) is 0 Å². The molecule has 8 heteroatoms. The van der Waals surface area contributed by atoms with Crippen LogP contribution >= 0.6 is 0 Å². The first-order chi connectivity index (χ1) is 15.5. The fourth-order valence-corrected chi connectivity index (χ4v) is 3.87. The average Bonchev–Trinajstić information content (AvgIpc) is 3.50. The van der Waals surface area contributed by atoms with Crippen molar-refractivity contribution in [3.63, 3.8) is 0 Å². The normalized spacial score (nSPS) is 16.2. The van der Waals surface area contributed by atoms with Crippen molar-refractivity contribution in [2.45, 2.75) is 13.0 Å². The first-order valence-electron chi connectivity index (χ1n) is 9.85. The summed E-state index contributed by atoms with van der Waals surface area (Å²) in [5.41, 5.74) is 1.02. The maximum absolute atomic E-state index is 13.5. The van der Waals surface area contributed by atoms with Gasteiger partial charge in [0.2, 0.25) is 5.78 Å². The Morgan fingerprint density at radius 3 is 2.53 bits per heavy atom. The number of nitrogens with zero attached hydrogens (tertiary/aromatic N) is 2. The Morgan fingerprint density at radius 1 is 1.12 bits per heavy atom. The number of hydrogen-bond acceptors (Lipinski definition) is 7. The summed E-state index contributed by atoms with van der Waals surface area (Å²) in [5.74, 6) is -0.686. The van der Waals surface area contributed by atoms with Crippen LogP contribution in [0.15, 0.2) is 80.9 Å². The zero-order valence-corrected chi connectivity index (χ0v) is 17.2. The maximum Gasteiger partial charge on any atom is 0.295 e. The first-order valence-corrected chi connectivity index (χ1v) is 9.85. The molecule has 3 heterocycles. The van der Waals surface area contributed by atoms with Crippen molar-refractivity contribution < 1.29 is 28.4 Å². The van der Waals surface area contributed by atoms with E-state index in [1.54, 1.807) is 62.6 Å². The van der Waals surface area contributed by atoms with Gasteiger partial charge in [-0.15, -0.1) is 0 Å². The smallest absolute Gasteiger partial charge is 0.295 e. The molecule has 1 N–H and O–H groups in total. The van der Waals surface area contributed by atoms with E-state index in [0.29, 0.717) is 22.7 Å². The predicted octanol–water partition coefficient (Wildman–Crippen LogP) is 4.52. The Hall–Kier alpha value is -4.33. The summed E-state index contributed by atoms with van der Waals surface area (Å²) < 4.78 is 16.1. The van der Waals surface area contributed by atoms with Gasteiger partial charge in [-0.1, -0.05) is 35.5 Å². The summed E-state index contributed by atoms with van der Waals surface area (Å²) in [6.45, 7) is 1.69. The largest absolute Gasteiger partial charge is 0.503 e. The number of benzene rings is 2. The van der Waals surface area contributed by atoms with Crippen LogP contribution in [0.2, 0.25) is 0 Å². The zero-order valence-electron chi connectivity index (χ0n) is 17.2. The van der Waals surface area contributed by atoms with E-state index in [9.17, 15) is 14.7 Å². The van der Waals surface area contributed by atoms with Crippen LogP contribution in [0.5, 0.6) is 5.75 Å². The van der Waals surface area contributed by atoms with E-state index in [1.807, 2.05) is 12.1 Å². The maximum atomic E-state index is 13.5. The molecular weight excluding hydrogens is 412 g/mol. The molecule has 160 valence electrons. The summed E-state index contributed by atoms with van der Waals surface area (Å²) in [5, 5.41) is 15.4. The number of aliphatic hydroxyl groups is 1. The van der Waals surface area contributed by atoms with Gasteiger partial charge in [0.05, 0.1) is 18.7 Å². The molecule has 5 rings (SSSR count). The lowest BCUT2D eigenvalue weighted by molar-refractivity contribution is -0.117. The molecule has 4 aromatic rings. The number of anilines is 1. The number of rotatable bonds is 5. The molecule has 32 heavy (non-hydrogen) atoms. The van der Waals surface area contributed by atoms with Gasteiger partial charge in [-0.25, -0.2) is 0 Å². The molecule has 1 aliphatic rings. The van der Waals surface area contributed by atoms with Gasteiger partial charge >= 0.3 is 0 Å². The molecule has 1 aliphatic heterocycles. The van der Waals surface area contributed by atoms with Crippen molar-refractivity contribution in [2.75, 3.05) is 12.0 Å². The van der Waals surface area contributed by atoms with Crippen LogP contribution in [0, 0.1) is 6.92 Å². The number of Topliss-reactive ketones (excluding diaryl/α,β-unsaturated/α-hetero) is 1. The van der Waals surface area contributed by atoms with Gasteiger partial charge < -0.3 is 18.8 Å². The minimum Gasteiger partial charge on any atom is -0.503 e. The van der Waals surface area contributed by atoms with Gasteiger partial charge in [-0.05, 0) is 36.8 Å². The van der Waals surface area contributed by atoms with Gasteiger partial charge in [0.1, 0.15) is 17.1 Å². The number of ketones is 1. The number of hydrogen-bond donors (Lipinski definition) is 1. The Morgan fingerprint density at radius 2 is 1.88 bits per heavy atom. The predicted molar refractivity (Wildman–Crippen MR) is 115 cm³/mol. The fourth-order valence-electron chi connectivity index (χ4n) is 3.87. The molecule has 0 radical (unpaired) electrons. The SMILES string of the molecule is COc1ccc(C2C(C(=O)c3cc4ccccc4o3)=C(O)C(=O)N2c2cc(C)on2)cc1. The van der Waals surface area contributed by atoms with Crippen molar-refractivity contribution in [1.29, 1.82) is 0 Å². The first kappa shape index (κ1) is 19.6. The Bertz CT molecular complexity index is 1350. The van der Waals surface area contributed by atoms with E-state index < -0.39 is 23.5 Å². The number of amides is 1. The number of carbonyl (C=O) groups is 2. The number of furan rings is 1. The number of fused-ring (bicyclic) bond motifs is 1. The molecule has 1 amide bonds. The number of aliphatic hydroxyl groups excluding tert-OH is 1. The molecule has 0 aliphatic carbocycles. The highest BCUT2D eigenvalue weighted by molar-refractivity contribution is 6.20. The third-order valence-electron chi connectivity index (χ3n) is 5.40. The van der Waals surface area contributed by atoms with Gasteiger partial charge in [0.25, 0.3) is 5.91 Å². The van der Waals surface area contributed by atoms with Gasteiger partial charge in [0.15, 0.2) is 17.3 Å². The average molecular weight is 430 g/mol. The second-order valence-electron chi connectivity index (χ2n) is 7.39. The summed E-state index contributed by atoms with van der Waals surface area (Å²) in [6, 6.07) is 16.3. The molecule has 1 atom stereocenters. The highest BCUT2D eigenvalue weighted by Gasteiger charge is 2.46. The fraction of sp³-hybridized carbons (Fsp3) is 0.125. The Labute approximate surface area is 182 Å². The third-order valence-corrected chi connectivity index (χ3v) is 5.40. The van der Waals surface area contributed by atoms with Crippen LogP contribution in [0.25, 0.3) is 11.0 Å². The lowest BCUT2D eigenvalue weighted by Gasteiger charge is -2.24. The number of carbonyl (C=O) groups excluding carboxylic acids is 2. The number of methoxy groups -OCH3 is 1. The molecule has 0 spiro atoms. The van der Waals surface area contributed by atoms with E-state index in [1.165, 1.54) is 4.90 Å². The molecule has 0 saturated carbocycles. The number of ether oxygens (including phenoxy) is 1. The lowest BCUT2D eigenvalue weighted by Crippen LogP contribution is -2.31. The molecule has 8 nitrogen and oxygen atoms in total. The van der Waals surface area contributed by atoms with Crippen LogP contribution in [0.4, 0.5) is 5.82 Å². The third kappa shape index (κ3) is 3.04. The second kappa shape index (κ2) is 7.42. The second-order valence-corrected chi connectivity index (χ2v) is 7.39. The molecular formula is C24H18N2O6. The zero-order chi connectivity index (χ0) is 22.4. The minimum absolute atomic E-state index is 0.0252. The molecule has 2 aromatic heterocycles. The van der Waals surface area contributed by atoms with E-state index in [2.05, 4.69) is 5.16 Å². The van der Waals surface area contributed by atoms with Crippen molar-refractivity contribution in [3.05, 3.63) is 89.1 Å².